The van der Waals surface area contributed by atoms with Crippen LogP contribution in [0.3, 0.4) is 0 Å². The molecule has 4 rings (SSSR count). The van der Waals surface area contributed by atoms with Crippen molar-refractivity contribution in [1.29, 1.82) is 10.5 Å². The van der Waals surface area contributed by atoms with Gasteiger partial charge in [0.15, 0.2) is 0 Å². The Hall–Kier alpha value is -4.21. The topological polar surface area (TPSA) is 60.5 Å². The quantitative estimate of drug-likeness (QED) is 0.464. The summed E-state index contributed by atoms with van der Waals surface area (Å²) in [7, 11) is 0. The third-order valence-electron chi connectivity index (χ3n) is 4.64. The van der Waals surface area contributed by atoms with Gasteiger partial charge in [0, 0.05) is 11.8 Å². The number of benzene rings is 3. The van der Waals surface area contributed by atoms with Crippen LogP contribution in [-0.2, 0) is 0 Å². The first-order valence-electron chi connectivity index (χ1n) is 8.85. The Kier molecular flexibility index (Phi) is 4.66. The van der Waals surface area contributed by atoms with Crippen LogP contribution in [0, 0.1) is 22.7 Å². The second-order valence-corrected chi connectivity index (χ2v) is 6.32. The molecule has 0 saturated heterocycles. The fourth-order valence-corrected chi connectivity index (χ4v) is 3.27. The lowest BCUT2D eigenvalue weighted by molar-refractivity contribution is 1.33. The summed E-state index contributed by atoms with van der Waals surface area (Å²) in [6.07, 6.45) is 1.79. The summed E-state index contributed by atoms with van der Waals surface area (Å²) >= 11 is 0. The maximum Gasteiger partial charge on any atom is 0.0991 e. The molecular formula is C25H15N3. The molecule has 28 heavy (non-hydrogen) atoms. The van der Waals surface area contributed by atoms with E-state index in [1.165, 1.54) is 0 Å². The van der Waals surface area contributed by atoms with Crippen molar-refractivity contribution in [3.05, 3.63) is 102 Å². The molecule has 3 heteroatoms. The van der Waals surface area contributed by atoms with Gasteiger partial charge in [-0.3, -0.25) is 4.98 Å². The van der Waals surface area contributed by atoms with Gasteiger partial charge in [0.25, 0.3) is 0 Å². The molecular weight excluding hydrogens is 342 g/mol. The van der Waals surface area contributed by atoms with Crippen LogP contribution in [0.4, 0.5) is 0 Å². The van der Waals surface area contributed by atoms with Gasteiger partial charge in [-0.1, -0.05) is 48.5 Å². The van der Waals surface area contributed by atoms with Gasteiger partial charge in [0.2, 0.25) is 0 Å². The van der Waals surface area contributed by atoms with Crippen molar-refractivity contribution < 1.29 is 0 Å². The Bertz CT molecular complexity index is 1120. The summed E-state index contributed by atoms with van der Waals surface area (Å²) in [5.74, 6) is 0. The van der Waals surface area contributed by atoms with E-state index in [0.717, 1.165) is 33.5 Å². The van der Waals surface area contributed by atoms with Gasteiger partial charge in [-0.2, -0.15) is 10.5 Å². The van der Waals surface area contributed by atoms with Crippen LogP contribution < -0.4 is 0 Å². The van der Waals surface area contributed by atoms with E-state index in [1.54, 1.807) is 6.20 Å². The summed E-state index contributed by atoms with van der Waals surface area (Å²) in [5.41, 5.74) is 7.30. The van der Waals surface area contributed by atoms with E-state index in [0.29, 0.717) is 11.1 Å². The molecule has 3 nitrogen and oxygen atoms in total. The van der Waals surface area contributed by atoms with Crippen LogP contribution in [0.25, 0.3) is 33.5 Å². The number of pyridine rings is 1. The van der Waals surface area contributed by atoms with Crippen molar-refractivity contribution in [2.45, 2.75) is 0 Å². The van der Waals surface area contributed by atoms with Crippen molar-refractivity contribution in [2.75, 3.05) is 0 Å². The molecule has 0 unspecified atom stereocenters. The maximum absolute atomic E-state index is 9.08. The summed E-state index contributed by atoms with van der Waals surface area (Å²) in [4.78, 5) is 4.58. The number of rotatable bonds is 3. The zero-order valence-electron chi connectivity index (χ0n) is 15.0. The van der Waals surface area contributed by atoms with Gasteiger partial charge in [-0.25, -0.2) is 0 Å². The van der Waals surface area contributed by atoms with Crippen LogP contribution in [0.2, 0.25) is 0 Å². The molecule has 0 fully saturated rings. The molecule has 1 aromatic heterocycles. The first kappa shape index (κ1) is 17.2. The number of hydrogen-bond donors (Lipinski definition) is 0. The Balaban J connectivity index is 1.96. The van der Waals surface area contributed by atoms with E-state index in [9.17, 15) is 0 Å². The number of aromatic nitrogens is 1. The minimum atomic E-state index is 0.631. The molecule has 0 amide bonds. The summed E-state index contributed by atoms with van der Waals surface area (Å²) in [6.45, 7) is 0. The molecule has 4 aromatic rings. The normalized spacial score (nSPS) is 10.1. The Morgan fingerprint density at radius 3 is 1.54 bits per heavy atom. The highest BCUT2D eigenvalue weighted by Crippen LogP contribution is 2.39. The van der Waals surface area contributed by atoms with Crippen LogP contribution in [0.5, 0.6) is 0 Å². The van der Waals surface area contributed by atoms with E-state index in [2.05, 4.69) is 29.3 Å². The summed E-state index contributed by atoms with van der Waals surface area (Å²) in [6, 6.07) is 31.5. The Morgan fingerprint density at radius 1 is 0.571 bits per heavy atom. The second-order valence-electron chi connectivity index (χ2n) is 6.32. The third-order valence-corrected chi connectivity index (χ3v) is 4.64. The smallest absolute Gasteiger partial charge is 0.0991 e. The highest BCUT2D eigenvalue weighted by Gasteiger charge is 2.15. The zero-order valence-corrected chi connectivity index (χ0v) is 15.0. The lowest BCUT2D eigenvalue weighted by Gasteiger charge is -2.15. The first-order valence-corrected chi connectivity index (χ1v) is 8.85. The van der Waals surface area contributed by atoms with Gasteiger partial charge >= 0.3 is 0 Å². The predicted octanol–water partition coefficient (Wildman–Crippen LogP) is 5.83. The predicted molar refractivity (Wildman–Crippen MR) is 110 cm³/mol. The number of hydrogen-bond acceptors (Lipinski definition) is 3. The molecule has 0 bridgehead atoms. The van der Waals surface area contributed by atoms with Crippen molar-refractivity contribution in [3.63, 3.8) is 0 Å². The zero-order chi connectivity index (χ0) is 19.3. The van der Waals surface area contributed by atoms with Crippen LogP contribution >= 0.6 is 0 Å². The summed E-state index contributed by atoms with van der Waals surface area (Å²) in [5, 5.41) is 18.2. The van der Waals surface area contributed by atoms with Gasteiger partial charge in [-0.05, 0) is 58.7 Å². The van der Waals surface area contributed by atoms with Crippen molar-refractivity contribution in [3.8, 4) is 45.6 Å². The van der Waals surface area contributed by atoms with Gasteiger partial charge in [0.1, 0.15) is 0 Å². The number of nitrogens with zero attached hydrogens (tertiary/aromatic N) is 3. The molecule has 0 saturated carbocycles. The van der Waals surface area contributed by atoms with Crippen molar-refractivity contribution in [2.24, 2.45) is 0 Å². The van der Waals surface area contributed by atoms with Crippen molar-refractivity contribution >= 4 is 0 Å². The van der Waals surface area contributed by atoms with Gasteiger partial charge < -0.3 is 0 Å². The highest BCUT2D eigenvalue weighted by atomic mass is 14.7. The molecule has 3 aromatic carbocycles. The lowest BCUT2D eigenvalue weighted by Crippen LogP contribution is -1.92. The van der Waals surface area contributed by atoms with E-state index in [1.807, 2.05) is 72.8 Å². The minimum Gasteiger partial charge on any atom is -0.256 e. The van der Waals surface area contributed by atoms with Crippen molar-refractivity contribution in [1.82, 2.24) is 4.98 Å². The second kappa shape index (κ2) is 7.58. The molecule has 0 aliphatic carbocycles. The Morgan fingerprint density at radius 2 is 1.11 bits per heavy atom. The molecule has 0 aliphatic heterocycles. The van der Waals surface area contributed by atoms with Gasteiger partial charge in [-0.15, -0.1) is 0 Å². The van der Waals surface area contributed by atoms with Crippen LogP contribution in [0.15, 0.2) is 91.1 Å². The van der Waals surface area contributed by atoms with Crippen LogP contribution in [0.1, 0.15) is 11.1 Å². The largest absolute Gasteiger partial charge is 0.256 e. The average Bonchev–Trinajstić information content (AvgIpc) is 2.79. The molecule has 130 valence electrons. The molecule has 0 atom stereocenters. The molecule has 0 aliphatic rings. The summed E-state index contributed by atoms with van der Waals surface area (Å²) < 4.78 is 0. The molecule has 0 radical (unpaired) electrons. The molecule has 1 heterocycles. The fourth-order valence-electron chi connectivity index (χ4n) is 3.27. The molecule has 0 spiro atoms. The first-order chi connectivity index (χ1) is 13.8. The van der Waals surface area contributed by atoms with Crippen LogP contribution in [-0.4, -0.2) is 4.98 Å². The molecule has 0 N–H and O–H groups in total. The highest BCUT2D eigenvalue weighted by molar-refractivity contribution is 5.93. The van der Waals surface area contributed by atoms with E-state index in [-0.39, 0.29) is 0 Å². The van der Waals surface area contributed by atoms with E-state index >= 15 is 0 Å². The third kappa shape index (κ3) is 3.26. The standard InChI is InChI=1S/C25H15N3/c26-16-18-7-11-20(12-8-18)22-4-3-5-23(21-13-9-19(17-27)10-14-21)25(22)24-6-1-2-15-28-24/h1-15H. The van der Waals surface area contributed by atoms with Gasteiger partial charge in [0.05, 0.1) is 29.0 Å². The fraction of sp³-hybridized carbons (Fsp3) is 0. The number of nitriles is 2. The lowest BCUT2D eigenvalue weighted by atomic mass is 9.89. The van der Waals surface area contributed by atoms with E-state index < -0.39 is 0 Å². The SMILES string of the molecule is N#Cc1ccc(-c2cccc(-c3ccc(C#N)cc3)c2-c2ccccn2)cc1. The minimum absolute atomic E-state index is 0.631. The maximum atomic E-state index is 9.08. The monoisotopic (exact) mass is 357 g/mol. The Labute approximate surface area is 163 Å². The van der Waals surface area contributed by atoms with E-state index in [4.69, 9.17) is 10.5 Å². The average molecular weight is 357 g/mol.